The van der Waals surface area contributed by atoms with Gasteiger partial charge in [-0.05, 0) is 30.0 Å². The summed E-state index contributed by atoms with van der Waals surface area (Å²) in [5.41, 5.74) is 1.86. The Hall–Kier alpha value is -1.88. The highest BCUT2D eigenvalue weighted by molar-refractivity contribution is 7.12. The van der Waals surface area contributed by atoms with Crippen molar-refractivity contribution in [2.75, 3.05) is 7.11 Å². The number of nitrogens with zero attached hydrogens (tertiary/aromatic N) is 1. The van der Waals surface area contributed by atoms with Crippen LogP contribution in [0.1, 0.15) is 20.8 Å². The third kappa shape index (κ3) is 2.68. The Morgan fingerprint density at radius 2 is 2.33 bits per heavy atom. The summed E-state index contributed by atoms with van der Waals surface area (Å²) >= 11 is 1.44. The van der Waals surface area contributed by atoms with E-state index in [2.05, 4.69) is 10.3 Å². The maximum atomic E-state index is 11.9. The van der Waals surface area contributed by atoms with Crippen molar-refractivity contribution < 1.29 is 9.53 Å². The molecule has 1 N–H and O–H groups in total. The van der Waals surface area contributed by atoms with Crippen LogP contribution in [-0.2, 0) is 6.54 Å². The van der Waals surface area contributed by atoms with E-state index >= 15 is 0 Å². The first kappa shape index (κ1) is 12.6. The fourth-order valence-corrected chi connectivity index (χ4v) is 2.44. The van der Waals surface area contributed by atoms with Crippen molar-refractivity contribution in [3.05, 3.63) is 45.8 Å². The molecule has 2 heterocycles. The van der Waals surface area contributed by atoms with Gasteiger partial charge >= 0.3 is 0 Å². The number of thiophene rings is 1. The van der Waals surface area contributed by atoms with Gasteiger partial charge in [0, 0.05) is 18.3 Å². The minimum Gasteiger partial charge on any atom is -0.481 e. The van der Waals surface area contributed by atoms with Crippen LogP contribution in [0.3, 0.4) is 0 Å². The van der Waals surface area contributed by atoms with Crippen LogP contribution >= 0.6 is 11.3 Å². The number of aryl methyl sites for hydroxylation is 1. The van der Waals surface area contributed by atoms with Crippen molar-refractivity contribution in [1.82, 2.24) is 10.3 Å². The molecule has 0 unspecified atom stereocenters. The molecule has 0 saturated carbocycles. The molecule has 2 aromatic heterocycles. The van der Waals surface area contributed by atoms with Gasteiger partial charge in [-0.15, -0.1) is 11.3 Å². The molecule has 0 spiro atoms. The quantitative estimate of drug-likeness (QED) is 0.920. The average Bonchev–Trinajstić information content (AvgIpc) is 2.82. The topological polar surface area (TPSA) is 51.2 Å². The molecule has 0 aliphatic carbocycles. The van der Waals surface area contributed by atoms with E-state index in [4.69, 9.17) is 4.74 Å². The number of hydrogen-bond acceptors (Lipinski definition) is 4. The summed E-state index contributed by atoms with van der Waals surface area (Å²) in [7, 11) is 1.57. The van der Waals surface area contributed by atoms with Crippen molar-refractivity contribution in [1.29, 1.82) is 0 Å². The number of rotatable bonds is 4. The van der Waals surface area contributed by atoms with Gasteiger partial charge in [0.2, 0.25) is 5.88 Å². The minimum absolute atomic E-state index is 0.0617. The molecule has 0 radical (unpaired) electrons. The predicted molar refractivity (Wildman–Crippen MR) is 71.0 cm³/mol. The summed E-state index contributed by atoms with van der Waals surface area (Å²) < 4.78 is 5.13. The van der Waals surface area contributed by atoms with Gasteiger partial charge in [0.15, 0.2) is 0 Å². The number of methoxy groups -OCH3 is 1. The van der Waals surface area contributed by atoms with Gasteiger partial charge in [-0.25, -0.2) is 4.98 Å². The number of nitrogens with one attached hydrogen (secondary N) is 1. The second-order valence-corrected chi connectivity index (χ2v) is 4.70. The molecule has 2 aromatic rings. The number of carbonyl (C=O) groups is 1. The normalized spacial score (nSPS) is 10.1. The van der Waals surface area contributed by atoms with Crippen LogP contribution in [0.2, 0.25) is 0 Å². The molecule has 18 heavy (non-hydrogen) atoms. The Labute approximate surface area is 110 Å². The molecule has 0 aromatic carbocycles. The van der Waals surface area contributed by atoms with Crippen LogP contribution in [0, 0.1) is 6.92 Å². The zero-order valence-electron chi connectivity index (χ0n) is 10.3. The number of aromatic nitrogens is 1. The van der Waals surface area contributed by atoms with Crippen LogP contribution in [0.25, 0.3) is 0 Å². The molecule has 2 rings (SSSR count). The van der Waals surface area contributed by atoms with Crippen molar-refractivity contribution >= 4 is 17.2 Å². The number of carbonyl (C=O) groups excluding carboxylic acids is 1. The van der Waals surface area contributed by atoms with Gasteiger partial charge in [-0.1, -0.05) is 6.07 Å². The molecule has 4 nitrogen and oxygen atoms in total. The molecular weight excluding hydrogens is 248 g/mol. The molecule has 0 aliphatic rings. The smallest absolute Gasteiger partial charge is 0.261 e. The molecule has 0 bridgehead atoms. The van der Waals surface area contributed by atoms with Gasteiger partial charge in [-0.3, -0.25) is 4.79 Å². The lowest BCUT2D eigenvalue weighted by Crippen LogP contribution is -2.22. The standard InChI is InChI=1S/C13H14N2O2S/c1-9-5-7-18-11(9)12(16)15-8-10-4-3-6-14-13(10)17-2/h3-7H,8H2,1-2H3,(H,15,16). The highest BCUT2D eigenvalue weighted by atomic mass is 32.1. The zero-order valence-corrected chi connectivity index (χ0v) is 11.1. The lowest BCUT2D eigenvalue weighted by atomic mass is 10.2. The van der Waals surface area contributed by atoms with Gasteiger partial charge in [0.25, 0.3) is 5.91 Å². The molecule has 5 heteroatoms. The summed E-state index contributed by atoms with van der Waals surface area (Å²) in [5, 5.41) is 4.78. The molecule has 0 aliphatic heterocycles. The third-order valence-corrected chi connectivity index (χ3v) is 3.57. The van der Waals surface area contributed by atoms with Crippen molar-refractivity contribution in [3.8, 4) is 5.88 Å². The molecule has 94 valence electrons. The average molecular weight is 262 g/mol. The van der Waals surface area contributed by atoms with E-state index < -0.39 is 0 Å². The number of pyridine rings is 1. The van der Waals surface area contributed by atoms with Crippen LogP contribution in [0.15, 0.2) is 29.8 Å². The van der Waals surface area contributed by atoms with Crippen molar-refractivity contribution in [2.24, 2.45) is 0 Å². The first-order valence-corrected chi connectivity index (χ1v) is 6.40. The molecule has 0 atom stereocenters. The Bertz CT molecular complexity index is 551. The molecule has 0 fully saturated rings. The highest BCUT2D eigenvalue weighted by Gasteiger charge is 2.11. The van der Waals surface area contributed by atoms with E-state index in [9.17, 15) is 4.79 Å². The lowest BCUT2D eigenvalue weighted by Gasteiger charge is -2.08. The summed E-state index contributed by atoms with van der Waals surface area (Å²) in [4.78, 5) is 16.8. The van der Waals surface area contributed by atoms with E-state index in [-0.39, 0.29) is 5.91 Å². The van der Waals surface area contributed by atoms with Gasteiger partial charge < -0.3 is 10.1 Å². The SMILES string of the molecule is COc1ncccc1CNC(=O)c1sccc1C. The fourth-order valence-electron chi connectivity index (χ4n) is 1.60. The van der Waals surface area contributed by atoms with Gasteiger partial charge in [0.05, 0.1) is 12.0 Å². The molecule has 1 amide bonds. The van der Waals surface area contributed by atoms with Crippen molar-refractivity contribution in [3.63, 3.8) is 0 Å². The predicted octanol–water partition coefficient (Wildman–Crippen LogP) is 2.39. The second-order valence-electron chi connectivity index (χ2n) is 3.79. The van der Waals surface area contributed by atoms with Crippen LogP contribution < -0.4 is 10.1 Å². The third-order valence-electron chi connectivity index (χ3n) is 2.55. The fraction of sp³-hybridized carbons (Fsp3) is 0.231. The lowest BCUT2D eigenvalue weighted by molar-refractivity contribution is 0.0954. The largest absolute Gasteiger partial charge is 0.481 e. The summed E-state index contributed by atoms with van der Waals surface area (Å²) in [6, 6.07) is 5.64. The number of hydrogen-bond donors (Lipinski definition) is 1. The maximum absolute atomic E-state index is 11.9. The maximum Gasteiger partial charge on any atom is 0.261 e. The Morgan fingerprint density at radius 1 is 1.50 bits per heavy atom. The van der Waals surface area contributed by atoms with E-state index in [1.54, 1.807) is 13.3 Å². The summed E-state index contributed by atoms with van der Waals surface area (Å²) in [5.74, 6) is 0.481. The molecule has 0 saturated heterocycles. The minimum atomic E-state index is -0.0617. The highest BCUT2D eigenvalue weighted by Crippen LogP contribution is 2.16. The van der Waals surface area contributed by atoms with Crippen LogP contribution in [0.5, 0.6) is 5.88 Å². The van der Waals surface area contributed by atoms with Crippen LogP contribution in [0.4, 0.5) is 0 Å². The van der Waals surface area contributed by atoms with E-state index in [1.807, 2.05) is 30.5 Å². The van der Waals surface area contributed by atoms with Gasteiger partial charge in [-0.2, -0.15) is 0 Å². The van der Waals surface area contributed by atoms with Crippen LogP contribution in [-0.4, -0.2) is 18.0 Å². The van der Waals surface area contributed by atoms with E-state index in [0.29, 0.717) is 12.4 Å². The Kier molecular flexibility index (Phi) is 3.94. The zero-order chi connectivity index (χ0) is 13.0. The van der Waals surface area contributed by atoms with E-state index in [1.165, 1.54) is 11.3 Å². The Morgan fingerprint density at radius 3 is 3.00 bits per heavy atom. The second kappa shape index (κ2) is 5.64. The summed E-state index contributed by atoms with van der Waals surface area (Å²) in [6.45, 7) is 2.34. The Balaban J connectivity index is 2.04. The van der Waals surface area contributed by atoms with Gasteiger partial charge in [0.1, 0.15) is 0 Å². The number of ether oxygens (including phenoxy) is 1. The van der Waals surface area contributed by atoms with E-state index in [0.717, 1.165) is 16.0 Å². The van der Waals surface area contributed by atoms with Crippen molar-refractivity contribution in [2.45, 2.75) is 13.5 Å². The first-order chi connectivity index (χ1) is 8.72. The molecular formula is C13H14N2O2S. The number of amides is 1. The summed E-state index contributed by atoms with van der Waals surface area (Å²) in [6.07, 6.45) is 1.66. The first-order valence-electron chi connectivity index (χ1n) is 5.52. The monoisotopic (exact) mass is 262 g/mol.